The minimum atomic E-state index is -0.203. The SMILES string of the molecule is Cc1cc(-c2ccccc2)c(NC(=S)Nc2ccccc2)c(=O)[nH]1. The maximum Gasteiger partial charge on any atom is 0.272 e. The number of thiocarbonyl (C=S) groups is 1. The van der Waals surface area contributed by atoms with Crippen LogP contribution in [0.3, 0.4) is 0 Å². The van der Waals surface area contributed by atoms with Crippen LogP contribution in [0.1, 0.15) is 5.69 Å². The van der Waals surface area contributed by atoms with Crippen molar-refractivity contribution in [1.82, 2.24) is 4.98 Å². The van der Waals surface area contributed by atoms with Gasteiger partial charge in [0.1, 0.15) is 5.69 Å². The summed E-state index contributed by atoms with van der Waals surface area (Å²) in [6.07, 6.45) is 0. The molecule has 0 spiro atoms. The highest BCUT2D eigenvalue weighted by Gasteiger charge is 2.12. The predicted octanol–water partition coefficient (Wildman–Crippen LogP) is 4.16. The van der Waals surface area contributed by atoms with Crippen molar-refractivity contribution in [2.24, 2.45) is 0 Å². The Hall–Kier alpha value is -2.92. The van der Waals surface area contributed by atoms with Crippen LogP contribution in [0.25, 0.3) is 11.1 Å². The molecule has 1 heterocycles. The van der Waals surface area contributed by atoms with Crippen molar-refractivity contribution >= 4 is 28.7 Å². The standard InChI is InChI=1S/C19H17N3OS/c1-13-12-16(14-8-4-2-5-9-14)17(18(23)20-13)22-19(24)21-15-10-6-3-7-11-15/h2-12H,1H3,(H,20,23)(H2,21,22,24). The first kappa shape index (κ1) is 16.0. The van der Waals surface area contributed by atoms with Crippen LogP contribution in [0.5, 0.6) is 0 Å². The van der Waals surface area contributed by atoms with E-state index in [0.717, 1.165) is 22.5 Å². The first-order valence-electron chi connectivity index (χ1n) is 7.56. The highest BCUT2D eigenvalue weighted by Crippen LogP contribution is 2.25. The van der Waals surface area contributed by atoms with E-state index in [-0.39, 0.29) is 5.56 Å². The van der Waals surface area contributed by atoms with Crippen molar-refractivity contribution in [3.63, 3.8) is 0 Å². The predicted molar refractivity (Wildman–Crippen MR) is 104 cm³/mol. The molecule has 3 aromatic rings. The summed E-state index contributed by atoms with van der Waals surface area (Å²) in [6.45, 7) is 1.86. The smallest absolute Gasteiger partial charge is 0.272 e. The number of benzene rings is 2. The van der Waals surface area contributed by atoms with E-state index in [4.69, 9.17) is 12.2 Å². The molecule has 3 rings (SSSR count). The van der Waals surface area contributed by atoms with Crippen LogP contribution in [0.4, 0.5) is 11.4 Å². The van der Waals surface area contributed by atoms with Crippen molar-refractivity contribution in [2.75, 3.05) is 10.6 Å². The van der Waals surface area contributed by atoms with E-state index >= 15 is 0 Å². The number of aromatic amines is 1. The van der Waals surface area contributed by atoms with E-state index in [9.17, 15) is 4.79 Å². The van der Waals surface area contributed by atoms with E-state index in [1.165, 1.54) is 0 Å². The van der Waals surface area contributed by atoms with Crippen LogP contribution in [0.15, 0.2) is 71.5 Å². The maximum atomic E-state index is 12.4. The third-order valence-electron chi connectivity index (χ3n) is 3.52. The Morgan fingerprint density at radius 1 is 0.958 bits per heavy atom. The fourth-order valence-electron chi connectivity index (χ4n) is 2.46. The Bertz CT molecular complexity index is 905. The lowest BCUT2D eigenvalue weighted by Gasteiger charge is -2.14. The number of aryl methyl sites for hydroxylation is 1. The highest BCUT2D eigenvalue weighted by atomic mass is 32.1. The largest absolute Gasteiger partial charge is 0.332 e. The Kier molecular flexibility index (Phi) is 4.72. The molecule has 0 atom stereocenters. The van der Waals surface area contributed by atoms with Gasteiger partial charge in [0.25, 0.3) is 5.56 Å². The average molecular weight is 335 g/mol. The summed E-state index contributed by atoms with van der Waals surface area (Å²) < 4.78 is 0. The van der Waals surface area contributed by atoms with E-state index in [0.29, 0.717) is 10.8 Å². The Morgan fingerprint density at radius 3 is 2.25 bits per heavy atom. The molecule has 5 heteroatoms. The molecule has 4 nitrogen and oxygen atoms in total. The molecule has 0 saturated heterocycles. The second-order valence-corrected chi connectivity index (χ2v) is 5.79. The number of nitrogens with one attached hydrogen (secondary N) is 3. The zero-order valence-corrected chi connectivity index (χ0v) is 14.0. The average Bonchev–Trinajstić information content (AvgIpc) is 2.59. The number of aromatic nitrogens is 1. The van der Waals surface area contributed by atoms with Crippen LogP contribution in [0.2, 0.25) is 0 Å². The second-order valence-electron chi connectivity index (χ2n) is 5.38. The van der Waals surface area contributed by atoms with Gasteiger partial charge in [-0.1, -0.05) is 48.5 Å². The molecule has 0 aliphatic rings. The van der Waals surface area contributed by atoms with Crippen LogP contribution < -0.4 is 16.2 Å². The van der Waals surface area contributed by atoms with Crippen molar-refractivity contribution in [2.45, 2.75) is 6.92 Å². The molecule has 0 amide bonds. The summed E-state index contributed by atoms with van der Waals surface area (Å²) >= 11 is 5.35. The molecule has 0 bridgehead atoms. The zero-order chi connectivity index (χ0) is 16.9. The van der Waals surface area contributed by atoms with Crippen LogP contribution in [-0.4, -0.2) is 10.1 Å². The number of pyridine rings is 1. The number of para-hydroxylation sites is 1. The minimum absolute atomic E-state index is 0.203. The van der Waals surface area contributed by atoms with Gasteiger partial charge in [-0.2, -0.15) is 0 Å². The first-order valence-corrected chi connectivity index (χ1v) is 7.97. The summed E-state index contributed by atoms with van der Waals surface area (Å²) in [5, 5.41) is 6.48. The molecule has 0 radical (unpaired) electrons. The summed E-state index contributed by atoms with van der Waals surface area (Å²) in [7, 11) is 0. The van der Waals surface area contributed by atoms with Gasteiger partial charge >= 0.3 is 0 Å². The number of rotatable bonds is 3. The van der Waals surface area contributed by atoms with Crippen LogP contribution >= 0.6 is 12.2 Å². The van der Waals surface area contributed by atoms with Gasteiger partial charge in [-0.25, -0.2) is 0 Å². The third kappa shape index (κ3) is 3.70. The molecule has 0 aliphatic carbocycles. The van der Waals surface area contributed by atoms with Gasteiger partial charge in [0.05, 0.1) is 0 Å². The molecule has 0 saturated carbocycles. The van der Waals surface area contributed by atoms with Gasteiger partial charge in [-0.05, 0) is 42.9 Å². The van der Waals surface area contributed by atoms with Gasteiger partial charge in [0.2, 0.25) is 0 Å². The lowest BCUT2D eigenvalue weighted by Crippen LogP contribution is -2.25. The number of hydrogen-bond acceptors (Lipinski definition) is 2. The van der Waals surface area contributed by atoms with Crippen molar-refractivity contribution < 1.29 is 0 Å². The van der Waals surface area contributed by atoms with E-state index in [2.05, 4.69) is 15.6 Å². The second kappa shape index (κ2) is 7.10. The third-order valence-corrected chi connectivity index (χ3v) is 3.73. The number of H-pyrrole nitrogens is 1. The molecule has 2 aromatic carbocycles. The van der Waals surface area contributed by atoms with Crippen molar-refractivity contribution in [3.05, 3.63) is 82.8 Å². The quantitative estimate of drug-likeness (QED) is 0.629. The molecule has 3 N–H and O–H groups in total. The fraction of sp³-hybridized carbons (Fsp3) is 0.0526. The number of anilines is 2. The van der Waals surface area contributed by atoms with Gasteiger partial charge < -0.3 is 15.6 Å². The number of hydrogen-bond donors (Lipinski definition) is 3. The molecular weight excluding hydrogens is 318 g/mol. The maximum absolute atomic E-state index is 12.4. The monoisotopic (exact) mass is 335 g/mol. The topological polar surface area (TPSA) is 56.9 Å². The van der Waals surface area contributed by atoms with Gasteiger partial charge in [-0.15, -0.1) is 0 Å². The van der Waals surface area contributed by atoms with Crippen LogP contribution in [0, 0.1) is 6.92 Å². The Morgan fingerprint density at radius 2 is 1.58 bits per heavy atom. The molecular formula is C19H17N3OS. The van der Waals surface area contributed by atoms with Crippen molar-refractivity contribution in [3.8, 4) is 11.1 Å². The lowest BCUT2D eigenvalue weighted by molar-refractivity contribution is 1.15. The van der Waals surface area contributed by atoms with E-state index < -0.39 is 0 Å². The fourth-order valence-corrected chi connectivity index (χ4v) is 2.68. The van der Waals surface area contributed by atoms with Gasteiger partial charge in [0, 0.05) is 16.9 Å². The summed E-state index contributed by atoms with van der Waals surface area (Å²) in [5.74, 6) is 0. The molecule has 1 aromatic heterocycles. The summed E-state index contributed by atoms with van der Waals surface area (Å²) in [5.41, 5.74) is 3.66. The Labute approximate surface area is 145 Å². The van der Waals surface area contributed by atoms with E-state index in [1.807, 2.05) is 73.7 Å². The summed E-state index contributed by atoms with van der Waals surface area (Å²) in [6, 6.07) is 21.3. The van der Waals surface area contributed by atoms with Crippen molar-refractivity contribution in [1.29, 1.82) is 0 Å². The molecule has 0 unspecified atom stereocenters. The highest BCUT2D eigenvalue weighted by molar-refractivity contribution is 7.80. The summed E-state index contributed by atoms with van der Waals surface area (Å²) in [4.78, 5) is 15.2. The van der Waals surface area contributed by atoms with Gasteiger partial charge in [-0.3, -0.25) is 4.79 Å². The van der Waals surface area contributed by atoms with Gasteiger partial charge in [0.15, 0.2) is 5.11 Å². The van der Waals surface area contributed by atoms with E-state index in [1.54, 1.807) is 0 Å². The van der Waals surface area contributed by atoms with Crippen LogP contribution in [-0.2, 0) is 0 Å². The lowest BCUT2D eigenvalue weighted by atomic mass is 10.0. The molecule has 0 fully saturated rings. The molecule has 24 heavy (non-hydrogen) atoms. The first-order chi connectivity index (χ1) is 11.6. The molecule has 0 aliphatic heterocycles. The molecule has 120 valence electrons. The minimum Gasteiger partial charge on any atom is -0.332 e. The zero-order valence-electron chi connectivity index (χ0n) is 13.2. The normalized spacial score (nSPS) is 10.2. The Balaban J connectivity index is 1.93.